The first-order chi connectivity index (χ1) is 15.7. The number of nitro groups is 3. The van der Waals surface area contributed by atoms with Crippen molar-refractivity contribution in [1.82, 2.24) is 5.43 Å². The van der Waals surface area contributed by atoms with Gasteiger partial charge >= 0.3 is 5.69 Å². The lowest BCUT2D eigenvalue weighted by Gasteiger charge is -2.06. The third-order valence-electron chi connectivity index (χ3n) is 4.18. The lowest BCUT2D eigenvalue weighted by atomic mass is 10.2. The molecule has 0 aliphatic rings. The monoisotopic (exact) mass is 451 g/mol. The van der Waals surface area contributed by atoms with Gasteiger partial charge in [0.05, 0.1) is 27.1 Å². The predicted molar refractivity (Wildman–Crippen MR) is 114 cm³/mol. The highest BCUT2D eigenvalue weighted by Crippen LogP contribution is 2.34. The predicted octanol–water partition coefficient (Wildman–Crippen LogP) is 3.97. The summed E-state index contributed by atoms with van der Waals surface area (Å²) in [6, 6.07) is 14.1. The summed E-state index contributed by atoms with van der Waals surface area (Å²) in [5, 5.41) is 36.4. The number of nitro benzene ring substituents is 3. The van der Waals surface area contributed by atoms with Crippen LogP contribution in [0.3, 0.4) is 0 Å². The summed E-state index contributed by atoms with van der Waals surface area (Å²) >= 11 is 0. The first-order valence-electron chi connectivity index (χ1n) is 9.03. The van der Waals surface area contributed by atoms with Gasteiger partial charge in [-0.25, -0.2) is 5.43 Å². The van der Waals surface area contributed by atoms with Gasteiger partial charge in [0.2, 0.25) is 5.75 Å². The molecule has 33 heavy (non-hydrogen) atoms. The molecule has 0 fully saturated rings. The van der Waals surface area contributed by atoms with Crippen molar-refractivity contribution in [2.24, 2.45) is 5.10 Å². The van der Waals surface area contributed by atoms with Crippen LogP contribution in [0.5, 0.6) is 11.5 Å². The number of hydrogen-bond acceptors (Lipinski definition) is 9. The first-order valence-corrected chi connectivity index (χ1v) is 9.03. The minimum atomic E-state index is -0.781. The molecule has 0 spiro atoms. The van der Waals surface area contributed by atoms with E-state index in [1.807, 2.05) is 0 Å². The Morgan fingerprint density at radius 1 is 0.818 bits per heavy atom. The molecule has 0 saturated heterocycles. The first kappa shape index (κ1) is 22.5. The van der Waals surface area contributed by atoms with Gasteiger partial charge in [-0.05, 0) is 48.0 Å². The molecule has 166 valence electrons. The maximum atomic E-state index is 12.0. The molecule has 0 unspecified atom stereocenters. The molecule has 13 heteroatoms. The lowest BCUT2D eigenvalue weighted by Crippen LogP contribution is -2.17. The lowest BCUT2D eigenvalue weighted by molar-refractivity contribution is -0.394. The van der Waals surface area contributed by atoms with E-state index in [0.717, 1.165) is 18.2 Å². The van der Waals surface area contributed by atoms with Gasteiger partial charge in [-0.2, -0.15) is 5.10 Å². The summed E-state index contributed by atoms with van der Waals surface area (Å²) in [4.78, 5) is 42.5. The Morgan fingerprint density at radius 2 is 1.42 bits per heavy atom. The number of nitrogens with zero attached hydrogens (tertiary/aromatic N) is 4. The highest BCUT2D eigenvalue weighted by atomic mass is 16.6. The molecule has 0 aromatic heterocycles. The van der Waals surface area contributed by atoms with Crippen molar-refractivity contribution in [2.75, 3.05) is 0 Å². The fraction of sp³-hybridized carbons (Fsp3) is 0. The summed E-state index contributed by atoms with van der Waals surface area (Å²) < 4.78 is 5.46. The molecule has 3 rings (SSSR count). The summed E-state index contributed by atoms with van der Waals surface area (Å²) in [5.41, 5.74) is 1.90. The van der Waals surface area contributed by atoms with Crippen molar-refractivity contribution in [3.8, 4) is 11.5 Å². The van der Waals surface area contributed by atoms with Gasteiger partial charge in [0.25, 0.3) is 17.3 Å². The van der Waals surface area contributed by atoms with E-state index in [0.29, 0.717) is 5.56 Å². The number of hydrazone groups is 1. The van der Waals surface area contributed by atoms with Crippen LogP contribution in [0.4, 0.5) is 17.1 Å². The maximum absolute atomic E-state index is 12.0. The van der Waals surface area contributed by atoms with Crippen LogP contribution in [0.2, 0.25) is 0 Å². The number of non-ortho nitro benzene ring substituents is 2. The normalized spacial score (nSPS) is 10.5. The van der Waals surface area contributed by atoms with Gasteiger partial charge < -0.3 is 4.74 Å². The van der Waals surface area contributed by atoms with Crippen LogP contribution >= 0.6 is 0 Å². The van der Waals surface area contributed by atoms with Crippen LogP contribution in [0.15, 0.2) is 71.8 Å². The van der Waals surface area contributed by atoms with Crippen LogP contribution in [-0.4, -0.2) is 26.9 Å². The molecule has 3 aromatic rings. The molecule has 0 aliphatic heterocycles. The van der Waals surface area contributed by atoms with Crippen molar-refractivity contribution in [1.29, 1.82) is 0 Å². The Kier molecular flexibility index (Phi) is 6.64. The van der Waals surface area contributed by atoms with Crippen LogP contribution in [0.25, 0.3) is 0 Å². The molecular weight excluding hydrogens is 438 g/mol. The van der Waals surface area contributed by atoms with Crippen LogP contribution in [-0.2, 0) is 0 Å². The summed E-state index contributed by atoms with van der Waals surface area (Å²) in [6.45, 7) is 0. The minimum absolute atomic E-state index is 0.142. The maximum Gasteiger partial charge on any atom is 0.318 e. The van der Waals surface area contributed by atoms with Crippen LogP contribution in [0, 0.1) is 30.3 Å². The highest BCUT2D eigenvalue weighted by molar-refractivity contribution is 5.95. The van der Waals surface area contributed by atoms with E-state index in [4.69, 9.17) is 4.74 Å². The van der Waals surface area contributed by atoms with E-state index in [2.05, 4.69) is 10.5 Å². The zero-order valence-electron chi connectivity index (χ0n) is 16.5. The zero-order valence-corrected chi connectivity index (χ0v) is 16.5. The molecular formula is C20H13N5O8. The van der Waals surface area contributed by atoms with E-state index in [1.165, 1.54) is 42.6 Å². The van der Waals surface area contributed by atoms with Crippen molar-refractivity contribution < 1.29 is 24.3 Å². The van der Waals surface area contributed by atoms with Crippen molar-refractivity contribution >= 4 is 29.2 Å². The molecule has 3 aromatic carbocycles. The molecule has 0 radical (unpaired) electrons. The number of benzene rings is 3. The second-order valence-corrected chi connectivity index (χ2v) is 6.34. The quantitative estimate of drug-likeness (QED) is 0.303. The number of nitrogens with one attached hydrogen (secondary N) is 1. The SMILES string of the molecule is O=C(N/N=C\c1ccc(Oc2ccc([N+](=O)[O-])cc2[N+](=O)[O-])cc1)c1ccc([N+](=O)[O-])cc1. The van der Waals surface area contributed by atoms with Gasteiger partial charge in [-0.15, -0.1) is 0 Å². The second kappa shape index (κ2) is 9.74. The van der Waals surface area contributed by atoms with Gasteiger partial charge in [-0.3, -0.25) is 35.1 Å². The van der Waals surface area contributed by atoms with E-state index in [-0.39, 0.29) is 22.7 Å². The van der Waals surface area contributed by atoms with Gasteiger partial charge in [0.1, 0.15) is 5.75 Å². The number of amides is 1. The third-order valence-corrected chi connectivity index (χ3v) is 4.18. The Labute approximate surface area is 184 Å². The minimum Gasteiger partial charge on any atom is -0.450 e. The topological polar surface area (TPSA) is 180 Å². The van der Waals surface area contributed by atoms with E-state index in [9.17, 15) is 35.1 Å². The van der Waals surface area contributed by atoms with Crippen molar-refractivity contribution in [3.63, 3.8) is 0 Å². The van der Waals surface area contributed by atoms with E-state index in [1.54, 1.807) is 12.1 Å². The van der Waals surface area contributed by atoms with Crippen molar-refractivity contribution in [2.45, 2.75) is 0 Å². The highest BCUT2D eigenvalue weighted by Gasteiger charge is 2.21. The summed E-state index contributed by atoms with van der Waals surface area (Å²) in [5.74, 6) is -0.493. The van der Waals surface area contributed by atoms with E-state index >= 15 is 0 Å². The van der Waals surface area contributed by atoms with Crippen molar-refractivity contribution in [3.05, 3.63) is 108 Å². The molecule has 1 amide bonds. The van der Waals surface area contributed by atoms with Gasteiger partial charge in [0.15, 0.2) is 0 Å². The molecule has 0 atom stereocenters. The molecule has 0 heterocycles. The molecule has 0 bridgehead atoms. The number of carbonyl (C=O) groups is 1. The second-order valence-electron chi connectivity index (χ2n) is 6.34. The van der Waals surface area contributed by atoms with Crippen LogP contribution < -0.4 is 10.2 Å². The summed E-state index contributed by atoms with van der Waals surface area (Å²) in [6.07, 6.45) is 1.33. The number of hydrogen-bond donors (Lipinski definition) is 1. The molecule has 1 N–H and O–H groups in total. The zero-order chi connectivity index (χ0) is 24.0. The third kappa shape index (κ3) is 5.69. The fourth-order valence-electron chi connectivity index (χ4n) is 2.56. The molecule has 0 saturated carbocycles. The Hall–Kier alpha value is -5.20. The Morgan fingerprint density at radius 3 is 2.00 bits per heavy atom. The average Bonchev–Trinajstić information content (AvgIpc) is 2.80. The smallest absolute Gasteiger partial charge is 0.318 e. The number of rotatable bonds is 8. The fourth-order valence-corrected chi connectivity index (χ4v) is 2.56. The standard InChI is InChI=1S/C20H13N5O8/c26-20(14-3-5-15(6-4-14)23(27)28)22-21-12-13-1-8-17(9-2-13)33-19-10-7-16(24(29)30)11-18(19)25(31)32/h1-12H,(H,22,26)/b21-12-. The summed E-state index contributed by atoms with van der Waals surface area (Å²) in [7, 11) is 0. The molecule has 0 aliphatic carbocycles. The number of ether oxygens (including phenoxy) is 1. The average molecular weight is 451 g/mol. The number of carbonyl (C=O) groups excluding carboxylic acids is 1. The Bertz CT molecular complexity index is 1260. The van der Waals surface area contributed by atoms with Crippen LogP contribution in [0.1, 0.15) is 15.9 Å². The van der Waals surface area contributed by atoms with E-state index < -0.39 is 32.1 Å². The largest absolute Gasteiger partial charge is 0.450 e. The van der Waals surface area contributed by atoms with Gasteiger partial charge in [-0.1, -0.05) is 0 Å². The van der Waals surface area contributed by atoms with Gasteiger partial charge in [0, 0.05) is 23.8 Å². The Balaban J connectivity index is 1.64. The molecule has 13 nitrogen and oxygen atoms in total.